The van der Waals surface area contributed by atoms with Crippen molar-refractivity contribution >= 4 is 11.3 Å². The fraction of sp³-hybridized carbons (Fsp3) is 0.412. The molecule has 2 rings (SSSR count). The molecule has 0 unspecified atom stereocenters. The largest absolute Gasteiger partial charge is 0.369 e. The molecule has 1 fully saturated rings. The van der Waals surface area contributed by atoms with Crippen LogP contribution in [0.15, 0.2) is 36.4 Å². The van der Waals surface area contributed by atoms with Gasteiger partial charge >= 0.3 is 0 Å². The van der Waals surface area contributed by atoms with E-state index in [0.717, 1.165) is 31.8 Å². The predicted octanol–water partition coefficient (Wildman–Crippen LogP) is 3.38. The van der Waals surface area contributed by atoms with Crippen molar-refractivity contribution in [1.82, 2.24) is 5.32 Å². The first-order chi connectivity index (χ1) is 9.13. The number of piperazine rings is 1. The van der Waals surface area contributed by atoms with Crippen LogP contribution in [0.25, 0.3) is 5.57 Å². The summed E-state index contributed by atoms with van der Waals surface area (Å²) in [7, 11) is 0. The van der Waals surface area contributed by atoms with Gasteiger partial charge in [0.05, 0.1) is 0 Å². The Morgan fingerprint density at radius 2 is 2.00 bits per heavy atom. The smallest absolute Gasteiger partial charge is 0.0370 e. The summed E-state index contributed by atoms with van der Waals surface area (Å²) in [4.78, 5) is 2.45. The monoisotopic (exact) mass is 256 g/mol. The van der Waals surface area contributed by atoms with Gasteiger partial charge < -0.3 is 10.2 Å². The zero-order chi connectivity index (χ0) is 13.8. The number of aryl methyl sites for hydroxylation is 1. The molecule has 0 aliphatic carbocycles. The van der Waals surface area contributed by atoms with Gasteiger partial charge in [0, 0.05) is 31.9 Å². The molecule has 1 aliphatic rings. The zero-order valence-electron chi connectivity index (χ0n) is 12.3. The van der Waals surface area contributed by atoms with Crippen molar-refractivity contribution in [2.24, 2.45) is 0 Å². The molecular formula is C17H24N2. The SMILES string of the molecule is C=C(C)/C(=C/C)c1ccc(N2CCNCC2)cc1C. The lowest BCUT2D eigenvalue weighted by molar-refractivity contribution is 0.589. The van der Waals surface area contributed by atoms with Crippen molar-refractivity contribution < 1.29 is 0 Å². The molecule has 1 aliphatic heterocycles. The average molecular weight is 256 g/mol. The highest BCUT2D eigenvalue weighted by molar-refractivity contribution is 5.80. The Morgan fingerprint density at radius 3 is 2.53 bits per heavy atom. The summed E-state index contributed by atoms with van der Waals surface area (Å²) in [6, 6.07) is 6.77. The summed E-state index contributed by atoms with van der Waals surface area (Å²) in [5.41, 5.74) is 6.34. The van der Waals surface area contributed by atoms with Gasteiger partial charge in [0.1, 0.15) is 0 Å². The van der Waals surface area contributed by atoms with E-state index in [-0.39, 0.29) is 0 Å². The second-order valence-electron chi connectivity index (χ2n) is 5.22. The Morgan fingerprint density at radius 1 is 1.32 bits per heavy atom. The lowest BCUT2D eigenvalue weighted by Gasteiger charge is -2.30. The molecule has 102 valence electrons. The fourth-order valence-corrected chi connectivity index (χ4v) is 2.70. The molecule has 0 saturated carbocycles. The summed E-state index contributed by atoms with van der Waals surface area (Å²) in [5, 5.41) is 3.39. The molecule has 1 aromatic carbocycles. The Hall–Kier alpha value is -1.54. The van der Waals surface area contributed by atoms with E-state index in [1.54, 1.807) is 0 Å². The molecule has 0 radical (unpaired) electrons. The molecule has 0 amide bonds. The summed E-state index contributed by atoms with van der Waals surface area (Å²) in [6.45, 7) is 14.7. The summed E-state index contributed by atoms with van der Waals surface area (Å²) >= 11 is 0. The van der Waals surface area contributed by atoms with Gasteiger partial charge in [0.2, 0.25) is 0 Å². The highest BCUT2D eigenvalue weighted by atomic mass is 15.2. The third-order valence-electron chi connectivity index (χ3n) is 3.73. The Labute approximate surface area is 116 Å². The number of hydrogen-bond donors (Lipinski definition) is 1. The minimum absolute atomic E-state index is 1.08. The van der Waals surface area contributed by atoms with Crippen LogP contribution in [-0.2, 0) is 0 Å². The van der Waals surface area contributed by atoms with Crippen LogP contribution in [0.3, 0.4) is 0 Å². The summed E-state index contributed by atoms with van der Waals surface area (Å²) < 4.78 is 0. The van der Waals surface area contributed by atoms with Crippen LogP contribution in [0.2, 0.25) is 0 Å². The van der Waals surface area contributed by atoms with Crippen molar-refractivity contribution in [2.45, 2.75) is 20.8 Å². The lowest BCUT2D eigenvalue weighted by atomic mass is 9.95. The molecule has 2 heteroatoms. The molecule has 0 aromatic heterocycles. The second-order valence-corrected chi connectivity index (χ2v) is 5.22. The molecule has 0 spiro atoms. The van der Waals surface area contributed by atoms with Gasteiger partial charge in [-0.05, 0) is 49.6 Å². The highest BCUT2D eigenvalue weighted by Crippen LogP contribution is 2.28. The average Bonchev–Trinajstić information content (AvgIpc) is 2.42. The third-order valence-corrected chi connectivity index (χ3v) is 3.73. The first-order valence-corrected chi connectivity index (χ1v) is 7.02. The van der Waals surface area contributed by atoms with Crippen molar-refractivity contribution in [3.63, 3.8) is 0 Å². The van der Waals surface area contributed by atoms with Crippen molar-refractivity contribution in [3.05, 3.63) is 47.6 Å². The minimum atomic E-state index is 1.08. The number of allylic oxidation sites excluding steroid dienone is 3. The van der Waals surface area contributed by atoms with E-state index in [2.05, 4.69) is 61.8 Å². The Bertz CT molecular complexity index is 494. The second kappa shape index (κ2) is 6.07. The number of nitrogens with one attached hydrogen (secondary N) is 1. The maximum absolute atomic E-state index is 4.07. The van der Waals surface area contributed by atoms with Gasteiger partial charge in [-0.2, -0.15) is 0 Å². The van der Waals surface area contributed by atoms with Crippen molar-refractivity contribution in [2.75, 3.05) is 31.1 Å². The fourth-order valence-electron chi connectivity index (χ4n) is 2.70. The van der Waals surface area contributed by atoms with Crippen LogP contribution in [0.1, 0.15) is 25.0 Å². The van der Waals surface area contributed by atoms with Crippen LogP contribution >= 0.6 is 0 Å². The lowest BCUT2D eigenvalue weighted by Crippen LogP contribution is -2.43. The van der Waals surface area contributed by atoms with E-state index < -0.39 is 0 Å². The molecular weight excluding hydrogens is 232 g/mol. The molecule has 1 heterocycles. The number of hydrogen-bond acceptors (Lipinski definition) is 2. The Balaban J connectivity index is 2.28. The van der Waals surface area contributed by atoms with Gasteiger partial charge in [-0.3, -0.25) is 0 Å². The standard InChI is InChI=1S/C17H24N2/c1-5-16(13(2)3)17-7-6-15(12-14(17)4)19-10-8-18-9-11-19/h5-7,12,18H,2,8-11H2,1,3-4H3/b16-5-. The molecule has 1 N–H and O–H groups in total. The zero-order valence-corrected chi connectivity index (χ0v) is 12.3. The van der Waals surface area contributed by atoms with Gasteiger partial charge in [-0.25, -0.2) is 0 Å². The maximum atomic E-state index is 4.07. The quantitative estimate of drug-likeness (QED) is 0.834. The topological polar surface area (TPSA) is 15.3 Å². The first kappa shape index (κ1) is 13.9. The van der Waals surface area contributed by atoms with E-state index in [4.69, 9.17) is 0 Å². The van der Waals surface area contributed by atoms with Crippen LogP contribution in [0.5, 0.6) is 0 Å². The number of benzene rings is 1. The molecule has 1 saturated heterocycles. The highest BCUT2D eigenvalue weighted by Gasteiger charge is 2.12. The van der Waals surface area contributed by atoms with E-state index in [1.165, 1.54) is 22.4 Å². The molecule has 2 nitrogen and oxygen atoms in total. The number of nitrogens with zero attached hydrogens (tertiary/aromatic N) is 1. The van der Waals surface area contributed by atoms with Gasteiger partial charge in [0.25, 0.3) is 0 Å². The maximum Gasteiger partial charge on any atom is 0.0370 e. The summed E-state index contributed by atoms with van der Waals surface area (Å²) in [6.07, 6.45) is 2.15. The van der Waals surface area contributed by atoms with E-state index in [9.17, 15) is 0 Å². The third kappa shape index (κ3) is 3.07. The van der Waals surface area contributed by atoms with E-state index >= 15 is 0 Å². The van der Waals surface area contributed by atoms with Crippen LogP contribution in [-0.4, -0.2) is 26.2 Å². The van der Waals surface area contributed by atoms with E-state index in [0.29, 0.717) is 0 Å². The minimum Gasteiger partial charge on any atom is -0.369 e. The number of anilines is 1. The molecule has 0 bridgehead atoms. The molecule has 1 aromatic rings. The van der Waals surface area contributed by atoms with Gasteiger partial charge in [-0.1, -0.05) is 24.3 Å². The van der Waals surface area contributed by atoms with Crippen molar-refractivity contribution in [3.8, 4) is 0 Å². The first-order valence-electron chi connectivity index (χ1n) is 7.02. The summed E-state index contributed by atoms with van der Waals surface area (Å²) in [5.74, 6) is 0. The van der Waals surface area contributed by atoms with Crippen LogP contribution in [0.4, 0.5) is 5.69 Å². The van der Waals surface area contributed by atoms with Crippen molar-refractivity contribution in [1.29, 1.82) is 0 Å². The van der Waals surface area contributed by atoms with Crippen LogP contribution in [0, 0.1) is 6.92 Å². The molecule has 0 atom stereocenters. The predicted molar refractivity (Wildman–Crippen MR) is 84.7 cm³/mol. The number of rotatable bonds is 3. The Kier molecular flexibility index (Phi) is 4.43. The normalized spacial score (nSPS) is 16.6. The van der Waals surface area contributed by atoms with Gasteiger partial charge in [0.15, 0.2) is 0 Å². The van der Waals surface area contributed by atoms with Gasteiger partial charge in [-0.15, -0.1) is 0 Å². The van der Waals surface area contributed by atoms with E-state index in [1.807, 2.05) is 0 Å². The van der Waals surface area contributed by atoms with Crippen LogP contribution < -0.4 is 10.2 Å². The molecule has 19 heavy (non-hydrogen) atoms.